The Morgan fingerprint density at radius 3 is 2.68 bits per heavy atom. The first-order valence-corrected chi connectivity index (χ1v) is 6.21. The van der Waals surface area contributed by atoms with Crippen molar-refractivity contribution in [2.75, 3.05) is 13.3 Å². The van der Waals surface area contributed by atoms with Crippen molar-refractivity contribution in [3.05, 3.63) is 23.3 Å². The minimum absolute atomic E-state index is 0.0343. The molecule has 6 nitrogen and oxygen atoms in total. The summed E-state index contributed by atoms with van der Waals surface area (Å²) < 4.78 is 10.7. The van der Waals surface area contributed by atoms with E-state index in [4.69, 9.17) is 9.47 Å². The molecule has 4 rings (SSSR count). The van der Waals surface area contributed by atoms with E-state index in [1.807, 2.05) is 12.1 Å². The average Bonchev–Trinajstić information content (AvgIpc) is 2.86. The lowest BCUT2D eigenvalue weighted by atomic mass is 9.91. The lowest BCUT2D eigenvalue weighted by Gasteiger charge is -2.39. The van der Waals surface area contributed by atoms with Gasteiger partial charge in [-0.25, -0.2) is 0 Å². The number of carbonyl (C=O) groups excluding carboxylic acids is 2. The topological polar surface area (TPSA) is 67.9 Å². The van der Waals surface area contributed by atoms with Crippen molar-refractivity contribution in [2.24, 2.45) is 0 Å². The quantitative estimate of drug-likeness (QED) is 0.701. The monoisotopic (exact) mass is 260 g/mol. The largest absolute Gasteiger partial charge is 0.454 e. The van der Waals surface area contributed by atoms with Gasteiger partial charge in [0, 0.05) is 13.0 Å². The maximum absolute atomic E-state index is 11.9. The fraction of sp³-hybridized carbons (Fsp3) is 0.385. The first-order chi connectivity index (χ1) is 9.22. The number of benzene rings is 1. The number of ether oxygens (including phenoxy) is 2. The highest BCUT2D eigenvalue weighted by Gasteiger charge is 2.38. The third-order valence-electron chi connectivity index (χ3n) is 3.86. The summed E-state index contributed by atoms with van der Waals surface area (Å²) in [6, 6.07) is 3.43. The molecule has 0 spiro atoms. The molecule has 0 saturated carbocycles. The van der Waals surface area contributed by atoms with Crippen LogP contribution in [0.5, 0.6) is 11.5 Å². The van der Waals surface area contributed by atoms with E-state index in [0.717, 1.165) is 16.9 Å². The van der Waals surface area contributed by atoms with E-state index in [1.165, 1.54) is 0 Å². The molecule has 3 aliphatic heterocycles. The van der Waals surface area contributed by atoms with Gasteiger partial charge in [-0.1, -0.05) is 0 Å². The Labute approximate surface area is 109 Å². The highest BCUT2D eigenvalue weighted by Crippen LogP contribution is 2.38. The normalized spacial score (nSPS) is 23.8. The van der Waals surface area contributed by atoms with Crippen molar-refractivity contribution in [2.45, 2.75) is 19.0 Å². The van der Waals surface area contributed by atoms with E-state index >= 15 is 0 Å². The molecule has 0 aliphatic carbocycles. The van der Waals surface area contributed by atoms with Crippen molar-refractivity contribution in [3.8, 4) is 11.5 Å². The molecular formula is C13H12N2O4. The van der Waals surface area contributed by atoms with Gasteiger partial charge in [0.2, 0.25) is 18.6 Å². The number of carbonyl (C=O) groups is 2. The Kier molecular flexibility index (Phi) is 2.04. The van der Waals surface area contributed by atoms with Gasteiger partial charge in [0.15, 0.2) is 11.5 Å². The summed E-state index contributed by atoms with van der Waals surface area (Å²) >= 11 is 0. The number of nitrogens with one attached hydrogen (secondary N) is 1. The van der Waals surface area contributed by atoms with Gasteiger partial charge in [-0.15, -0.1) is 0 Å². The Bertz CT molecular complexity index is 548. The molecule has 1 aromatic rings. The molecule has 3 aliphatic rings. The third-order valence-corrected chi connectivity index (χ3v) is 3.86. The van der Waals surface area contributed by atoms with E-state index in [0.29, 0.717) is 18.7 Å². The first-order valence-electron chi connectivity index (χ1n) is 6.21. The Morgan fingerprint density at radius 1 is 1.16 bits per heavy atom. The summed E-state index contributed by atoms with van der Waals surface area (Å²) in [6.45, 7) is 0.781. The van der Waals surface area contributed by atoms with Crippen LogP contribution in [0.2, 0.25) is 0 Å². The Balaban J connectivity index is 1.76. The van der Waals surface area contributed by atoms with E-state index in [-0.39, 0.29) is 25.2 Å². The van der Waals surface area contributed by atoms with Crippen molar-refractivity contribution < 1.29 is 19.1 Å². The second-order valence-electron chi connectivity index (χ2n) is 4.93. The number of rotatable bonds is 0. The summed E-state index contributed by atoms with van der Waals surface area (Å²) in [5, 5.41) is 2.63. The van der Waals surface area contributed by atoms with Gasteiger partial charge in [-0.3, -0.25) is 9.59 Å². The number of nitrogens with zero attached hydrogens (tertiary/aromatic N) is 1. The average molecular weight is 260 g/mol. The molecule has 1 unspecified atom stereocenters. The van der Waals surface area contributed by atoms with Crippen molar-refractivity contribution in [1.82, 2.24) is 10.2 Å². The molecule has 2 amide bonds. The highest BCUT2D eigenvalue weighted by molar-refractivity contribution is 5.95. The van der Waals surface area contributed by atoms with E-state index in [2.05, 4.69) is 5.32 Å². The predicted molar refractivity (Wildman–Crippen MR) is 63.6 cm³/mol. The molecule has 1 aromatic carbocycles. The zero-order valence-electron chi connectivity index (χ0n) is 10.1. The number of hydrogen-bond donors (Lipinski definition) is 1. The Hall–Kier alpha value is -2.24. The van der Waals surface area contributed by atoms with Crippen LogP contribution in [-0.2, 0) is 22.6 Å². The molecular weight excluding hydrogens is 248 g/mol. The molecule has 1 fully saturated rings. The highest BCUT2D eigenvalue weighted by atomic mass is 16.7. The molecule has 19 heavy (non-hydrogen) atoms. The number of hydrogen-bond acceptors (Lipinski definition) is 4. The maximum Gasteiger partial charge on any atom is 0.243 e. The number of fused-ring (bicyclic) bond motifs is 3. The second-order valence-corrected chi connectivity index (χ2v) is 4.93. The third kappa shape index (κ3) is 1.49. The molecule has 6 heteroatoms. The molecule has 3 heterocycles. The summed E-state index contributed by atoms with van der Waals surface area (Å²) in [5.41, 5.74) is 2.08. The number of amides is 2. The van der Waals surface area contributed by atoms with E-state index in [1.54, 1.807) is 4.90 Å². The Morgan fingerprint density at radius 2 is 1.89 bits per heavy atom. The smallest absolute Gasteiger partial charge is 0.243 e. The van der Waals surface area contributed by atoms with Gasteiger partial charge in [-0.05, 0) is 23.3 Å². The molecule has 0 aromatic heterocycles. The predicted octanol–water partition coefficient (Wildman–Crippen LogP) is -0.202. The standard InChI is InChI=1S/C13H12N2O4/c16-12-4-14-13(17)9-1-7-2-10-11(19-6-18-10)3-8(7)5-15(9)12/h2-3,9H,1,4-6H2,(H,14,17). The molecule has 0 bridgehead atoms. The zero-order valence-corrected chi connectivity index (χ0v) is 10.1. The van der Waals surface area contributed by atoms with Gasteiger partial charge >= 0.3 is 0 Å². The molecule has 98 valence electrons. The first kappa shape index (κ1) is 10.7. The summed E-state index contributed by atoms with van der Waals surface area (Å²) in [6.07, 6.45) is 0.531. The van der Waals surface area contributed by atoms with Crippen LogP contribution in [0.25, 0.3) is 0 Å². The molecule has 1 N–H and O–H groups in total. The summed E-state index contributed by atoms with van der Waals surface area (Å²) in [4.78, 5) is 25.4. The molecule has 1 atom stereocenters. The fourth-order valence-corrected chi connectivity index (χ4v) is 2.85. The van der Waals surface area contributed by atoms with Gasteiger partial charge in [0.25, 0.3) is 0 Å². The molecule has 0 radical (unpaired) electrons. The molecule has 1 saturated heterocycles. The summed E-state index contributed by atoms with van der Waals surface area (Å²) in [7, 11) is 0. The number of piperazine rings is 1. The second kappa shape index (κ2) is 3.63. The van der Waals surface area contributed by atoms with Gasteiger partial charge in [0.1, 0.15) is 6.04 Å². The van der Waals surface area contributed by atoms with Crippen LogP contribution >= 0.6 is 0 Å². The van der Waals surface area contributed by atoms with Crippen LogP contribution in [0.1, 0.15) is 11.1 Å². The van der Waals surface area contributed by atoms with Gasteiger partial charge in [0.05, 0.1) is 6.54 Å². The summed E-state index contributed by atoms with van der Waals surface area (Å²) in [5.74, 6) is 1.32. The SMILES string of the molecule is O=C1NCC(=O)N2Cc3cc4c(cc3CC12)OCO4. The minimum atomic E-state index is -0.394. The van der Waals surface area contributed by atoms with Crippen LogP contribution in [0.15, 0.2) is 12.1 Å². The van der Waals surface area contributed by atoms with Gasteiger partial charge in [-0.2, -0.15) is 0 Å². The lowest BCUT2D eigenvalue weighted by molar-refractivity contribution is -0.146. The fourth-order valence-electron chi connectivity index (χ4n) is 2.85. The van der Waals surface area contributed by atoms with E-state index in [9.17, 15) is 9.59 Å². The lowest BCUT2D eigenvalue weighted by Crippen LogP contribution is -2.60. The van der Waals surface area contributed by atoms with Crippen LogP contribution in [0, 0.1) is 0 Å². The van der Waals surface area contributed by atoms with Crippen molar-refractivity contribution in [1.29, 1.82) is 0 Å². The van der Waals surface area contributed by atoms with Crippen LogP contribution < -0.4 is 14.8 Å². The van der Waals surface area contributed by atoms with Crippen molar-refractivity contribution >= 4 is 11.8 Å². The van der Waals surface area contributed by atoms with E-state index < -0.39 is 6.04 Å². The zero-order chi connectivity index (χ0) is 13.0. The maximum atomic E-state index is 11.9. The van der Waals surface area contributed by atoms with Gasteiger partial charge < -0.3 is 19.7 Å². The minimum Gasteiger partial charge on any atom is -0.454 e. The van der Waals surface area contributed by atoms with Crippen LogP contribution in [0.3, 0.4) is 0 Å². The van der Waals surface area contributed by atoms with Crippen LogP contribution in [0.4, 0.5) is 0 Å². The van der Waals surface area contributed by atoms with Crippen LogP contribution in [-0.4, -0.2) is 36.1 Å². The van der Waals surface area contributed by atoms with Crippen molar-refractivity contribution in [3.63, 3.8) is 0 Å².